The van der Waals surface area contributed by atoms with Gasteiger partial charge in [0.2, 0.25) is 5.88 Å². The lowest BCUT2D eigenvalue weighted by Crippen LogP contribution is -2.32. The van der Waals surface area contributed by atoms with Gasteiger partial charge in [0.25, 0.3) is 0 Å². The third-order valence-corrected chi connectivity index (χ3v) is 6.25. The van der Waals surface area contributed by atoms with Crippen LogP contribution in [0.1, 0.15) is 31.7 Å². The highest BCUT2D eigenvalue weighted by Gasteiger charge is 2.26. The van der Waals surface area contributed by atoms with Gasteiger partial charge in [0, 0.05) is 25.3 Å². The molecule has 0 unspecified atom stereocenters. The van der Waals surface area contributed by atoms with Gasteiger partial charge in [-0.2, -0.15) is 10.2 Å². The maximum Gasteiger partial charge on any atom is 0.247 e. The van der Waals surface area contributed by atoms with Crippen LogP contribution >= 0.6 is 0 Å². The van der Waals surface area contributed by atoms with Crippen molar-refractivity contribution in [3.63, 3.8) is 0 Å². The molecule has 1 aliphatic rings. The monoisotopic (exact) mass is 439 g/mol. The van der Waals surface area contributed by atoms with E-state index < -0.39 is 0 Å². The number of hydrogen-bond donors (Lipinski definition) is 0. The fourth-order valence-corrected chi connectivity index (χ4v) is 4.46. The normalized spacial score (nSPS) is 17.9. The Hall–Kier alpha value is -4.05. The summed E-state index contributed by atoms with van der Waals surface area (Å²) in [7, 11) is 1.87. The van der Waals surface area contributed by atoms with Crippen molar-refractivity contribution in [1.29, 1.82) is 5.26 Å². The van der Waals surface area contributed by atoms with Crippen molar-refractivity contribution in [3.8, 4) is 29.3 Å². The van der Waals surface area contributed by atoms with Crippen LogP contribution in [0.5, 0.6) is 23.1 Å². The van der Waals surface area contributed by atoms with Crippen molar-refractivity contribution in [3.05, 3.63) is 73.2 Å². The standard InChI is InChI=1S/C26H25N5O2/c1-30(17-27)19-7-9-20(10-8-19)31-16-15-24-25(31)26(29-18-28-24)33-23-13-11-22(12-14-23)32-21-5-3-2-4-6-21/h2-6,11-16,18-20H,7-10H2,1H3. The Labute approximate surface area is 192 Å². The number of aromatic nitrogens is 3. The molecule has 0 bridgehead atoms. The Morgan fingerprint density at radius 1 is 0.879 bits per heavy atom. The molecule has 2 aromatic heterocycles. The Bertz CT molecular complexity index is 1260. The maximum atomic E-state index is 9.18. The molecule has 7 nitrogen and oxygen atoms in total. The first-order valence-corrected chi connectivity index (χ1v) is 11.2. The summed E-state index contributed by atoms with van der Waals surface area (Å²) in [5.41, 5.74) is 1.76. The van der Waals surface area contributed by atoms with Crippen LogP contribution < -0.4 is 9.47 Å². The first kappa shape index (κ1) is 20.8. The molecular weight excluding hydrogens is 414 g/mol. The summed E-state index contributed by atoms with van der Waals surface area (Å²) in [6, 6.07) is 19.9. The Balaban J connectivity index is 1.34. The van der Waals surface area contributed by atoms with E-state index in [0.717, 1.165) is 48.2 Å². The lowest BCUT2D eigenvalue weighted by molar-refractivity contribution is 0.222. The summed E-state index contributed by atoms with van der Waals surface area (Å²) in [4.78, 5) is 10.6. The molecular formula is C26H25N5O2. The molecule has 0 spiro atoms. The quantitative estimate of drug-likeness (QED) is 0.274. The SMILES string of the molecule is CN(C#N)C1CCC(n2ccc3ncnc(Oc4ccc(Oc5ccccc5)cc4)c32)CC1. The molecule has 2 aromatic carbocycles. The van der Waals surface area contributed by atoms with E-state index in [-0.39, 0.29) is 0 Å². The van der Waals surface area contributed by atoms with E-state index in [2.05, 4.69) is 26.9 Å². The molecule has 1 fully saturated rings. The molecule has 0 atom stereocenters. The van der Waals surface area contributed by atoms with Gasteiger partial charge in [0.1, 0.15) is 29.1 Å². The predicted molar refractivity (Wildman–Crippen MR) is 125 cm³/mol. The van der Waals surface area contributed by atoms with Gasteiger partial charge in [0.15, 0.2) is 6.19 Å². The summed E-state index contributed by atoms with van der Waals surface area (Å²) >= 11 is 0. The largest absolute Gasteiger partial charge is 0.457 e. The molecule has 7 heteroatoms. The molecule has 0 saturated heterocycles. The highest BCUT2D eigenvalue weighted by Crippen LogP contribution is 2.36. The van der Waals surface area contributed by atoms with Crippen LogP contribution in [-0.4, -0.2) is 32.5 Å². The number of hydrogen-bond acceptors (Lipinski definition) is 6. The molecule has 0 radical (unpaired) electrons. The van der Waals surface area contributed by atoms with Gasteiger partial charge in [-0.15, -0.1) is 0 Å². The van der Waals surface area contributed by atoms with Crippen LogP contribution in [0.2, 0.25) is 0 Å². The summed E-state index contributed by atoms with van der Waals surface area (Å²) in [5.74, 6) is 2.75. The van der Waals surface area contributed by atoms with Crippen LogP contribution in [0.25, 0.3) is 11.0 Å². The number of fused-ring (bicyclic) bond motifs is 1. The van der Waals surface area contributed by atoms with Crippen molar-refractivity contribution in [1.82, 2.24) is 19.4 Å². The average molecular weight is 440 g/mol. The zero-order valence-electron chi connectivity index (χ0n) is 18.5. The molecule has 166 valence electrons. The molecule has 33 heavy (non-hydrogen) atoms. The molecule has 0 amide bonds. The molecule has 1 aliphatic carbocycles. The third-order valence-electron chi connectivity index (χ3n) is 6.25. The number of nitriles is 1. The molecule has 2 heterocycles. The van der Waals surface area contributed by atoms with Crippen LogP contribution in [0.3, 0.4) is 0 Å². The van der Waals surface area contributed by atoms with Crippen molar-refractivity contribution >= 4 is 11.0 Å². The fourth-order valence-electron chi connectivity index (χ4n) is 4.46. The van der Waals surface area contributed by atoms with E-state index in [1.54, 1.807) is 4.90 Å². The second-order valence-corrected chi connectivity index (χ2v) is 8.30. The zero-order chi connectivity index (χ0) is 22.6. The van der Waals surface area contributed by atoms with Crippen molar-refractivity contribution in [2.75, 3.05) is 7.05 Å². The summed E-state index contributed by atoms with van der Waals surface area (Å²) < 4.78 is 14.3. The lowest BCUT2D eigenvalue weighted by atomic mass is 9.90. The predicted octanol–water partition coefficient (Wildman–Crippen LogP) is 5.91. The minimum absolute atomic E-state index is 0.316. The van der Waals surface area contributed by atoms with Crippen LogP contribution in [0, 0.1) is 11.5 Å². The highest BCUT2D eigenvalue weighted by molar-refractivity contribution is 5.81. The topological polar surface area (TPSA) is 76.2 Å². The second kappa shape index (κ2) is 9.21. The first-order valence-electron chi connectivity index (χ1n) is 11.2. The minimum atomic E-state index is 0.316. The van der Waals surface area contributed by atoms with Crippen molar-refractivity contribution in [2.24, 2.45) is 0 Å². The Morgan fingerprint density at radius 2 is 1.55 bits per heavy atom. The van der Waals surface area contributed by atoms with Crippen molar-refractivity contribution in [2.45, 2.75) is 37.8 Å². The fraction of sp³-hybridized carbons (Fsp3) is 0.269. The molecule has 0 aliphatic heterocycles. The second-order valence-electron chi connectivity index (χ2n) is 8.30. The van der Waals surface area contributed by atoms with Gasteiger partial charge in [-0.1, -0.05) is 18.2 Å². The Morgan fingerprint density at radius 3 is 2.24 bits per heavy atom. The number of benzene rings is 2. The highest BCUT2D eigenvalue weighted by atomic mass is 16.5. The number of nitrogens with zero attached hydrogens (tertiary/aromatic N) is 5. The number of rotatable bonds is 6. The van der Waals surface area contributed by atoms with Crippen LogP contribution in [0.15, 0.2) is 73.2 Å². The van der Waals surface area contributed by atoms with Crippen molar-refractivity contribution < 1.29 is 9.47 Å². The summed E-state index contributed by atoms with van der Waals surface area (Å²) in [5, 5.41) is 9.18. The number of ether oxygens (including phenoxy) is 2. The lowest BCUT2D eigenvalue weighted by Gasteiger charge is -2.32. The van der Waals surface area contributed by atoms with Gasteiger partial charge in [-0.25, -0.2) is 4.98 Å². The van der Waals surface area contributed by atoms with Gasteiger partial charge in [0.05, 0.1) is 5.52 Å². The zero-order valence-corrected chi connectivity index (χ0v) is 18.5. The van der Waals surface area contributed by atoms with Gasteiger partial charge < -0.3 is 18.9 Å². The maximum absolute atomic E-state index is 9.18. The van der Waals surface area contributed by atoms with Gasteiger partial charge in [-0.05, 0) is 68.1 Å². The number of para-hydroxylation sites is 1. The van der Waals surface area contributed by atoms with Gasteiger partial charge >= 0.3 is 0 Å². The first-order chi connectivity index (χ1) is 16.2. The van der Waals surface area contributed by atoms with Crippen LogP contribution in [0.4, 0.5) is 0 Å². The minimum Gasteiger partial charge on any atom is -0.457 e. The van der Waals surface area contributed by atoms with E-state index in [1.807, 2.05) is 67.7 Å². The summed E-state index contributed by atoms with van der Waals surface area (Å²) in [6.07, 6.45) is 9.83. The molecule has 4 aromatic rings. The van der Waals surface area contributed by atoms with E-state index in [4.69, 9.17) is 9.47 Å². The van der Waals surface area contributed by atoms with E-state index in [0.29, 0.717) is 23.7 Å². The molecule has 5 rings (SSSR count). The summed E-state index contributed by atoms with van der Waals surface area (Å²) in [6.45, 7) is 0. The van der Waals surface area contributed by atoms with Crippen LogP contribution in [-0.2, 0) is 0 Å². The average Bonchev–Trinajstić information content (AvgIpc) is 3.31. The third kappa shape index (κ3) is 4.46. The van der Waals surface area contributed by atoms with E-state index >= 15 is 0 Å². The molecule has 0 N–H and O–H groups in total. The van der Waals surface area contributed by atoms with E-state index in [1.165, 1.54) is 6.33 Å². The van der Waals surface area contributed by atoms with Gasteiger partial charge in [-0.3, -0.25) is 0 Å². The Kier molecular flexibility index (Phi) is 5.81. The van der Waals surface area contributed by atoms with E-state index in [9.17, 15) is 5.26 Å². The smallest absolute Gasteiger partial charge is 0.247 e. The molecule has 1 saturated carbocycles.